The summed E-state index contributed by atoms with van der Waals surface area (Å²) in [5.41, 5.74) is 0.364. The van der Waals surface area contributed by atoms with Gasteiger partial charge in [0.1, 0.15) is 0 Å². The second-order valence-corrected chi connectivity index (χ2v) is 5.43. The van der Waals surface area contributed by atoms with Crippen LogP contribution in [0.5, 0.6) is 0 Å². The summed E-state index contributed by atoms with van der Waals surface area (Å²) < 4.78 is 5.77. The van der Waals surface area contributed by atoms with Crippen molar-refractivity contribution >= 4 is 0 Å². The fourth-order valence-electron chi connectivity index (χ4n) is 2.33. The summed E-state index contributed by atoms with van der Waals surface area (Å²) in [5.74, 6) is 0. The van der Waals surface area contributed by atoms with E-state index >= 15 is 0 Å². The summed E-state index contributed by atoms with van der Waals surface area (Å²) in [4.78, 5) is 0. The first-order chi connectivity index (χ1) is 7.09. The van der Waals surface area contributed by atoms with Crippen molar-refractivity contribution in [2.45, 2.75) is 65.5 Å². The number of hydrogen-bond acceptors (Lipinski definition) is 2. The van der Waals surface area contributed by atoms with Crippen LogP contribution in [0.15, 0.2) is 0 Å². The molecule has 15 heavy (non-hydrogen) atoms. The topological polar surface area (TPSA) is 21.3 Å². The van der Waals surface area contributed by atoms with E-state index in [4.69, 9.17) is 4.74 Å². The van der Waals surface area contributed by atoms with Gasteiger partial charge in [0.2, 0.25) is 0 Å². The molecular weight excluding hydrogens is 186 g/mol. The molecule has 0 radical (unpaired) electrons. The molecule has 2 nitrogen and oxygen atoms in total. The summed E-state index contributed by atoms with van der Waals surface area (Å²) in [6.45, 7) is 11.1. The number of nitrogens with one attached hydrogen (secondary N) is 1. The van der Waals surface area contributed by atoms with Crippen molar-refractivity contribution < 1.29 is 4.74 Å². The monoisotopic (exact) mass is 213 g/mol. The van der Waals surface area contributed by atoms with Crippen molar-refractivity contribution in [2.75, 3.05) is 13.2 Å². The summed E-state index contributed by atoms with van der Waals surface area (Å²) in [7, 11) is 0. The van der Waals surface area contributed by atoms with Gasteiger partial charge in [-0.05, 0) is 26.2 Å². The molecular formula is C13H27NO. The van der Waals surface area contributed by atoms with Crippen LogP contribution in [0.25, 0.3) is 0 Å². The third kappa shape index (κ3) is 4.12. The van der Waals surface area contributed by atoms with Crippen LogP contribution in [0.1, 0.15) is 53.4 Å². The van der Waals surface area contributed by atoms with Gasteiger partial charge in [0, 0.05) is 18.0 Å². The van der Waals surface area contributed by atoms with Gasteiger partial charge in [-0.1, -0.05) is 27.2 Å². The number of hydrogen-bond donors (Lipinski definition) is 1. The molecule has 1 N–H and O–H groups in total. The molecule has 0 aliphatic carbocycles. The molecule has 90 valence electrons. The summed E-state index contributed by atoms with van der Waals surface area (Å²) in [5, 5.41) is 3.63. The molecule has 0 spiro atoms. The third-order valence-electron chi connectivity index (χ3n) is 3.44. The Morgan fingerprint density at radius 1 is 1.47 bits per heavy atom. The highest BCUT2D eigenvalue weighted by molar-refractivity contribution is 4.86. The van der Waals surface area contributed by atoms with E-state index in [0.717, 1.165) is 19.6 Å². The minimum absolute atomic E-state index is 0.364. The lowest BCUT2D eigenvalue weighted by atomic mass is 9.87. The summed E-state index contributed by atoms with van der Waals surface area (Å²) in [6.07, 6.45) is 5.40. The Kier molecular flexibility index (Phi) is 5.07. The maximum atomic E-state index is 5.77. The van der Waals surface area contributed by atoms with Crippen LogP contribution in [-0.2, 0) is 4.74 Å². The zero-order chi connectivity index (χ0) is 11.3. The van der Waals surface area contributed by atoms with Crippen LogP contribution in [0.4, 0.5) is 0 Å². The lowest BCUT2D eigenvalue weighted by Crippen LogP contribution is -2.37. The lowest BCUT2D eigenvalue weighted by Gasteiger charge is -2.25. The van der Waals surface area contributed by atoms with Gasteiger partial charge in [-0.15, -0.1) is 0 Å². The van der Waals surface area contributed by atoms with Crippen molar-refractivity contribution in [3.63, 3.8) is 0 Å². The Labute approximate surface area is 94.8 Å². The zero-order valence-electron chi connectivity index (χ0n) is 10.8. The minimum Gasteiger partial charge on any atom is -0.378 e. The predicted octanol–water partition coefficient (Wildman–Crippen LogP) is 2.97. The largest absolute Gasteiger partial charge is 0.378 e. The molecule has 1 heterocycles. The van der Waals surface area contributed by atoms with Gasteiger partial charge in [0.05, 0.1) is 12.7 Å². The van der Waals surface area contributed by atoms with Crippen molar-refractivity contribution in [1.82, 2.24) is 5.32 Å². The molecule has 0 aromatic carbocycles. The molecule has 0 saturated carbocycles. The number of rotatable bonds is 6. The molecule has 1 fully saturated rings. The average Bonchev–Trinajstić information content (AvgIpc) is 2.59. The Morgan fingerprint density at radius 3 is 2.73 bits per heavy atom. The first-order valence-corrected chi connectivity index (χ1v) is 6.44. The second-order valence-electron chi connectivity index (χ2n) is 5.43. The van der Waals surface area contributed by atoms with E-state index in [1.165, 1.54) is 19.3 Å². The predicted molar refractivity (Wildman–Crippen MR) is 65.1 cm³/mol. The Hall–Kier alpha value is -0.0800. The Balaban J connectivity index is 2.25. The minimum atomic E-state index is 0.364. The molecule has 1 rings (SSSR count). The maximum absolute atomic E-state index is 5.77. The first-order valence-electron chi connectivity index (χ1n) is 6.44. The van der Waals surface area contributed by atoms with Crippen molar-refractivity contribution in [1.29, 1.82) is 0 Å². The normalized spacial score (nSPS) is 33.2. The fourth-order valence-corrected chi connectivity index (χ4v) is 2.33. The van der Waals surface area contributed by atoms with E-state index in [1.54, 1.807) is 0 Å². The third-order valence-corrected chi connectivity index (χ3v) is 3.44. The standard InChI is InChI=1S/C13H27NO/c1-5-7-11(3)14-9-13(4)8-12(6-2)15-10-13/h11-12,14H,5-10H2,1-4H3. The Morgan fingerprint density at radius 2 is 2.20 bits per heavy atom. The van der Waals surface area contributed by atoms with Gasteiger partial charge in [-0.3, -0.25) is 0 Å². The zero-order valence-corrected chi connectivity index (χ0v) is 10.8. The Bertz CT molecular complexity index is 183. The molecule has 1 aliphatic heterocycles. The van der Waals surface area contributed by atoms with Gasteiger partial charge >= 0.3 is 0 Å². The SMILES string of the molecule is CCCC(C)NCC1(C)COC(CC)C1. The van der Waals surface area contributed by atoms with Gasteiger partial charge in [-0.25, -0.2) is 0 Å². The van der Waals surface area contributed by atoms with Crippen molar-refractivity contribution in [3.8, 4) is 0 Å². The van der Waals surface area contributed by atoms with Crippen molar-refractivity contribution in [2.24, 2.45) is 5.41 Å². The van der Waals surface area contributed by atoms with Gasteiger partial charge in [0.15, 0.2) is 0 Å². The quantitative estimate of drug-likeness (QED) is 0.732. The second kappa shape index (κ2) is 5.86. The van der Waals surface area contributed by atoms with Crippen LogP contribution < -0.4 is 5.32 Å². The molecule has 0 aromatic rings. The molecule has 2 heteroatoms. The maximum Gasteiger partial charge on any atom is 0.0579 e. The number of ether oxygens (including phenoxy) is 1. The molecule has 1 saturated heterocycles. The van der Waals surface area contributed by atoms with E-state index in [2.05, 4.69) is 33.0 Å². The highest BCUT2D eigenvalue weighted by Gasteiger charge is 2.35. The molecule has 0 amide bonds. The van der Waals surface area contributed by atoms with Crippen LogP contribution in [0.3, 0.4) is 0 Å². The van der Waals surface area contributed by atoms with E-state index in [0.29, 0.717) is 17.6 Å². The lowest BCUT2D eigenvalue weighted by molar-refractivity contribution is 0.0943. The van der Waals surface area contributed by atoms with Crippen molar-refractivity contribution in [3.05, 3.63) is 0 Å². The molecule has 3 atom stereocenters. The van der Waals surface area contributed by atoms with E-state index in [9.17, 15) is 0 Å². The van der Waals surface area contributed by atoms with Crippen LogP contribution >= 0.6 is 0 Å². The highest BCUT2D eigenvalue weighted by atomic mass is 16.5. The fraction of sp³-hybridized carbons (Fsp3) is 1.00. The van der Waals surface area contributed by atoms with Gasteiger partial charge in [0.25, 0.3) is 0 Å². The highest BCUT2D eigenvalue weighted by Crippen LogP contribution is 2.32. The van der Waals surface area contributed by atoms with E-state index < -0.39 is 0 Å². The average molecular weight is 213 g/mol. The van der Waals surface area contributed by atoms with Crippen LogP contribution in [0, 0.1) is 5.41 Å². The summed E-state index contributed by atoms with van der Waals surface area (Å²) >= 11 is 0. The van der Waals surface area contributed by atoms with Crippen LogP contribution in [0.2, 0.25) is 0 Å². The summed E-state index contributed by atoms with van der Waals surface area (Å²) in [6, 6.07) is 0.646. The molecule has 0 aromatic heterocycles. The molecule has 3 unspecified atom stereocenters. The molecule has 0 bridgehead atoms. The molecule has 1 aliphatic rings. The van der Waals surface area contributed by atoms with Gasteiger partial charge < -0.3 is 10.1 Å². The van der Waals surface area contributed by atoms with Crippen LogP contribution in [-0.4, -0.2) is 25.3 Å². The first kappa shape index (κ1) is 13.0. The smallest absolute Gasteiger partial charge is 0.0579 e. The van der Waals surface area contributed by atoms with Gasteiger partial charge in [-0.2, -0.15) is 0 Å². The van der Waals surface area contributed by atoms with E-state index in [-0.39, 0.29) is 0 Å². The van der Waals surface area contributed by atoms with E-state index in [1.807, 2.05) is 0 Å².